The Morgan fingerprint density at radius 1 is 1.21 bits per heavy atom. The van der Waals surface area contributed by atoms with Crippen molar-refractivity contribution in [3.05, 3.63) is 48.5 Å². The summed E-state index contributed by atoms with van der Waals surface area (Å²) < 4.78 is 0. The van der Waals surface area contributed by atoms with E-state index in [1.54, 1.807) is 6.20 Å². The SMILES string of the molecule is CN(CCCCNCc1ncc[nH]1)c1ccccc1. The van der Waals surface area contributed by atoms with Gasteiger partial charge in [-0.2, -0.15) is 0 Å². The monoisotopic (exact) mass is 258 g/mol. The number of hydrogen-bond acceptors (Lipinski definition) is 3. The van der Waals surface area contributed by atoms with Crippen LogP contribution in [0.3, 0.4) is 0 Å². The number of benzene rings is 1. The number of H-pyrrole nitrogens is 1. The molecule has 1 heterocycles. The number of imidazole rings is 1. The van der Waals surface area contributed by atoms with E-state index in [0.29, 0.717) is 0 Å². The van der Waals surface area contributed by atoms with Crippen molar-refractivity contribution >= 4 is 5.69 Å². The third-order valence-corrected chi connectivity index (χ3v) is 3.14. The first-order valence-corrected chi connectivity index (χ1v) is 6.81. The fraction of sp³-hybridized carbons (Fsp3) is 0.400. The maximum atomic E-state index is 4.18. The van der Waals surface area contributed by atoms with E-state index >= 15 is 0 Å². The summed E-state index contributed by atoms with van der Waals surface area (Å²) in [5.74, 6) is 1.00. The molecule has 0 saturated carbocycles. The highest BCUT2D eigenvalue weighted by Gasteiger charge is 1.99. The number of nitrogens with one attached hydrogen (secondary N) is 2. The average Bonchev–Trinajstić information content (AvgIpc) is 2.96. The number of unbranched alkanes of at least 4 members (excludes halogenated alkanes) is 1. The fourth-order valence-electron chi connectivity index (χ4n) is 2.01. The van der Waals surface area contributed by atoms with E-state index in [1.165, 1.54) is 18.5 Å². The van der Waals surface area contributed by atoms with Gasteiger partial charge in [-0.05, 0) is 31.5 Å². The average molecular weight is 258 g/mol. The molecule has 0 aliphatic heterocycles. The van der Waals surface area contributed by atoms with Gasteiger partial charge in [0.2, 0.25) is 0 Å². The number of anilines is 1. The zero-order valence-corrected chi connectivity index (χ0v) is 11.5. The molecule has 1 aromatic heterocycles. The predicted octanol–water partition coefficient (Wildman–Crippen LogP) is 2.42. The van der Waals surface area contributed by atoms with Crippen LogP contribution in [0.4, 0.5) is 5.69 Å². The van der Waals surface area contributed by atoms with Crippen LogP contribution in [-0.2, 0) is 6.54 Å². The number of nitrogens with zero attached hydrogens (tertiary/aromatic N) is 2. The lowest BCUT2D eigenvalue weighted by Gasteiger charge is -2.19. The van der Waals surface area contributed by atoms with Gasteiger partial charge in [-0.25, -0.2) is 4.98 Å². The second kappa shape index (κ2) is 7.59. The number of hydrogen-bond donors (Lipinski definition) is 2. The third-order valence-electron chi connectivity index (χ3n) is 3.14. The maximum absolute atomic E-state index is 4.18. The highest BCUT2D eigenvalue weighted by Crippen LogP contribution is 2.11. The Morgan fingerprint density at radius 3 is 2.79 bits per heavy atom. The van der Waals surface area contributed by atoms with E-state index in [9.17, 15) is 0 Å². The van der Waals surface area contributed by atoms with Gasteiger partial charge in [0.1, 0.15) is 5.82 Å². The minimum Gasteiger partial charge on any atom is -0.375 e. The largest absolute Gasteiger partial charge is 0.375 e. The summed E-state index contributed by atoms with van der Waals surface area (Å²) in [6.07, 6.45) is 6.01. The maximum Gasteiger partial charge on any atom is 0.120 e. The van der Waals surface area contributed by atoms with Crippen molar-refractivity contribution in [3.8, 4) is 0 Å². The second-order valence-electron chi connectivity index (χ2n) is 4.68. The lowest BCUT2D eigenvalue weighted by atomic mass is 10.2. The summed E-state index contributed by atoms with van der Waals surface area (Å²) in [5.41, 5.74) is 1.28. The van der Waals surface area contributed by atoms with Crippen molar-refractivity contribution < 1.29 is 0 Å². The van der Waals surface area contributed by atoms with Gasteiger partial charge in [-0.1, -0.05) is 18.2 Å². The highest BCUT2D eigenvalue weighted by atomic mass is 15.1. The van der Waals surface area contributed by atoms with E-state index in [4.69, 9.17) is 0 Å². The van der Waals surface area contributed by atoms with Crippen molar-refractivity contribution in [2.75, 3.05) is 25.0 Å². The highest BCUT2D eigenvalue weighted by molar-refractivity contribution is 5.44. The minimum atomic E-state index is 0.821. The number of aromatic amines is 1. The van der Waals surface area contributed by atoms with Crippen molar-refractivity contribution in [3.63, 3.8) is 0 Å². The lowest BCUT2D eigenvalue weighted by Crippen LogP contribution is -2.21. The Hall–Kier alpha value is -1.81. The van der Waals surface area contributed by atoms with Crippen LogP contribution < -0.4 is 10.2 Å². The third kappa shape index (κ3) is 4.75. The first-order chi connectivity index (χ1) is 9.36. The van der Waals surface area contributed by atoms with Gasteiger partial charge in [0, 0.05) is 31.7 Å². The van der Waals surface area contributed by atoms with E-state index < -0.39 is 0 Å². The number of aromatic nitrogens is 2. The topological polar surface area (TPSA) is 44.0 Å². The Labute approximate surface area is 114 Å². The van der Waals surface area contributed by atoms with Gasteiger partial charge in [0.05, 0.1) is 6.54 Å². The molecule has 0 aliphatic rings. The molecule has 1 aromatic carbocycles. The van der Waals surface area contributed by atoms with Crippen LogP contribution in [-0.4, -0.2) is 30.1 Å². The molecular formula is C15H22N4. The van der Waals surface area contributed by atoms with Crippen LogP contribution in [0.1, 0.15) is 18.7 Å². The molecule has 2 aromatic rings. The summed E-state index contributed by atoms with van der Waals surface area (Å²) in [5, 5.41) is 3.39. The summed E-state index contributed by atoms with van der Waals surface area (Å²) in [6, 6.07) is 10.5. The van der Waals surface area contributed by atoms with E-state index in [-0.39, 0.29) is 0 Å². The molecule has 0 aliphatic carbocycles. The Kier molecular flexibility index (Phi) is 5.44. The summed E-state index contributed by atoms with van der Waals surface area (Å²) in [7, 11) is 2.14. The Morgan fingerprint density at radius 2 is 2.05 bits per heavy atom. The molecule has 102 valence electrons. The standard InChI is InChI=1S/C15H22N4/c1-19(14-7-3-2-4-8-14)12-6-5-9-16-13-15-17-10-11-18-15/h2-4,7-8,10-11,16H,5-6,9,12-13H2,1H3,(H,17,18). The molecule has 19 heavy (non-hydrogen) atoms. The number of rotatable bonds is 8. The molecule has 0 atom stereocenters. The molecule has 0 spiro atoms. The molecule has 2 rings (SSSR count). The molecule has 0 unspecified atom stereocenters. The van der Waals surface area contributed by atoms with Crippen molar-refractivity contribution in [1.82, 2.24) is 15.3 Å². The van der Waals surface area contributed by atoms with Crippen LogP contribution in [0.15, 0.2) is 42.7 Å². The zero-order valence-electron chi connectivity index (χ0n) is 11.5. The van der Waals surface area contributed by atoms with E-state index in [1.807, 2.05) is 6.20 Å². The van der Waals surface area contributed by atoms with Gasteiger partial charge < -0.3 is 15.2 Å². The molecular weight excluding hydrogens is 236 g/mol. The summed E-state index contributed by atoms with van der Waals surface area (Å²) in [6.45, 7) is 2.94. The van der Waals surface area contributed by atoms with E-state index in [2.05, 4.69) is 57.6 Å². The molecule has 0 amide bonds. The fourth-order valence-corrected chi connectivity index (χ4v) is 2.01. The quantitative estimate of drug-likeness (QED) is 0.715. The first kappa shape index (κ1) is 13.6. The van der Waals surface area contributed by atoms with Gasteiger partial charge in [0.15, 0.2) is 0 Å². The van der Waals surface area contributed by atoms with Crippen LogP contribution in [0.5, 0.6) is 0 Å². The van der Waals surface area contributed by atoms with Gasteiger partial charge in [0.25, 0.3) is 0 Å². The molecule has 0 saturated heterocycles. The van der Waals surface area contributed by atoms with Crippen LogP contribution >= 0.6 is 0 Å². The van der Waals surface area contributed by atoms with Gasteiger partial charge >= 0.3 is 0 Å². The molecule has 0 fully saturated rings. The van der Waals surface area contributed by atoms with Crippen molar-refractivity contribution in [1.29, 1.82) is 0 Å². The summed E-state index contributed by atoms with van der Waals surface area (Å²) in [4.78, 5) is 9.56. The minimum absolute atomic E-state index is 0.821. The van der Waals surface area contributed by atoms with Crippen LogP contribution in [0.25, 0.3) is 0 Å². The van der Waals surface area contributed by atoms with Gasteiger partial charge in [-0.15, -0.1) is 0 Å². The smallest absolute Gasteiger partial charge is 0.120 e. The Balaban J connectivity index is 1.54. The first-order valence-electron chi connectivity index (χ1n) is 6.81. The molecule has 4 heteroatoms. The molecule has 0 radical (unpaired) electrons. The molecule has 2 N–H and O–H groups in total. The Bertz CT molecular complexity index is 438. The van der Waals surface area contributed by atoms with Gasteiger partial charge in [-0.3, -0.25) is 0 Å². The lowest BCUT2D eigenvalue weighted by molar-refractivity contribution is 0.609. The van der Waals surface area contributed by atoms with Crippen LogP contribution in [0.2, 0.25) is 0 Å². The predicted molar refractivity (Wildman–Crippen MR) is 79.2 cm³/mol. The van der Waals surface area contributed by atoms with Crippen molar-refractivity contribution in [2.45, 2.75) is 19.4 Å². The van der Waals surface area contributed by atoms with Crippen molar-refractivity contribution in [2.24, 2.45) is 0 Å². The summed E-state index contributed by atoms with van der Waals surface area (Å²) >= 11 is 0. The molecule has 0 bridgehead atoms. The van der Waals surface area contributed by atoms with Crippen LogP contribution in [0, 0.1) is 0 Å². The second-order valence-corrected chi connectivity index (χ2v) is 4.68. The van der Waals surface area contributed by atoms with E-state index in [0.717, 1.165) is 25.5 Å². The zero-order chi connectivity index (χ0) is 13.3. The molecule has 4 nitrogen and oxygen atoms in total. The number of para-hydroxylation sites is 1. The normalized spacial score (nSPS) is 10.6.